The second-order valence-electron chi connectivity index (χ2n) is 8.43. The minimum atomic E-state index is -1.00. The molecule has 3 aromatic rings. The highest BCUT2D eigenvalue weighted by molar-refractivity contribution is 6.27. The molecule has 9 nitrogen and oxygen atoms in total. The predicted octanol–water partition coefficient (Wildman–Crippen LogP) is 3.07. The molecule has 1 amide bonds. The summed E-state index contributed by atoms with van der Waals surface area (Å²) >= 11 is 0. The van der Waals surface area contributed by atoms with Gasteiger partial charge in [0.05, 0.1) is 30.9 Å². The monoisotopic (exact) mass is 463 g/mol. The molecule has 2 aromatic carbocycles. The van der Waals surface area contributed by atoms with Crippen molar-refractivity contribution in [1.82, 2.24) is 15.3 Å². The molecule has 0 aliphatic carbocycles. The fourth-order valence-corrected chi connectivity index (χ4v) is 4.56. The van der Waals surface area contributed by atoms with Crippen LogP contribution < -0.4 is 19.7 Å². The summed E-state index contributed by atoms with van der Waals surface area (Å²) in [5.74, 6) is 1.37. The Bertz CT molecular complexity index is 1210. The van der Waals surface area contributed by atoms with E-state index >= 15 is 0 Å². The first-order valence-electron chi connectivity index (χ1n) is 11.1. The van der Waals surface area contributed by atoms with Gasteiger partial charge in [-0.3, -0.25) is 14.6 Å². The maximum Gasteiger partial charge on any atom is 0.216 e. The van der Waals surface area contributed by atoms with Gasteiger partial charge in [-0.2, -0.15) is 0 Å². The summed E-state index contributed by atoms with van der Waals surface area (Å²) < 4.78 is 11.0. The zero-order valence-electron chi connectivity index (χ0n) is 20.0. The Morgan fingerprint density at radius 3 is 2.47 bits per heavy atom. The number of imidazole rings is 1. The van der Waals surface area contributed by atoms with Crippen LogP contribution in [0.2, 0.25) is 0 Å². The van der Waals surface area contributed by atoms with Crippen LogP contribution in [0.4, 0.5) is 5.69 Å². The highest BCUT2D eigenvalue weighted by Gasteiger charge is 2.55. The molecule has 0 bridgehead atoms. The highest BCUT2D eigenvalue weighted by Crippen LogP contribution is 2.44. The molecule has 1 fully saturated rings. The number of aliphatic imine (C=N–C) groups is 1. The number of aromatic nitrogens is 2. The second-order valence-corrected chi connectivity index (χ2v) is 8.43. The van der Waals surface area contributed by atoms with E-state index in [0.29, 0.717) is 41.8 Å². The third-order valence-corrected chi connectivity index (χ3v) is 6.26. The van der Waals surface area contributed by atoms with Gasteiger partial charge in [0.25, 0.3) is 0 Å². The molecule has 178 valence electrons. The van der Waals surface area contributed by atoms with E-state index in [1.54, 1.807) is 27.3 Å². The van der Waals surface area contributed by atoms with E-state index < -0.39 is 11.5 Å². The minimum absolute atomic E-state index is 0.0562. The minimum Gasteiger partial charge on any atom is -0.497 e. The number of rotatable bonds is 7. The van der Waals surface area contributed by atoms with Crippen LogP contribution in [0.1, 0.15) is 32.0 Å². The number of anilines is 1. The SMILES string of the molecule is CN=C1C(c2nc3ccccc3[nH]2)C(=O)C(C)(CCNC(C)=O)N1c1cc(OC)cc(OC)c1. The number of carbonyl (C=O) groups is 2. The van der Waals surface area contributed by atoms with Crippen molar-refractivity contribution >= 4 is 34.2 Å². The van der Waals surface area contributed by atoms with Gasteiger partial charge in [-0.15, -0.1) is 0 Å². The molecule has 2 unspecified atom stereocenters. The van der Waals surface area contributed by atoms with Crippen molar-refractivity contribution < 1.29 is 19.1 Å². The van der Waals surface area contributed by atoms with E-state index in [2.05, 4.69) is 15.3 Å². The normalized spacial score (nSPS) is 21.3. The quantitative estimate of drug-likeness (QED) is 0.557. The number of para-hydroxylation sites is 2. The molecule has 0 radical (unpaired) electrons. The predicted molar refractivity (Wildman–Crippen MR) is 131 cm³/mol. The van der Waals surface area contributed by atoms with Crippen LogP contribution in [0.3, 0.4) is 0 Å². The Hall–Kier alpha value is -3.88. The number of Topliss-reactive ketones (excluding diaryl/α,β-unsaturated/α-hetero) is 1. The topological polar surface area (TPSA) is 109 Å². The molecule has 2 heterocycles. The summed E-state index contributed by atoms with van der Waals surface area (Å²) in [5, 5.41) is 2.81. The smallest absolute Gasteiger partial charge is 0.216 e. The van der Waals surface area contributed by atoms with Crippen molar-refractivity contribution in [3.8, 4) is 11.5 Å². The molecule has 4 rings (SSSR count). The molecule has 34 heavy (non-hydrogen) atoms. The van der Waals surface area contributed by atoms with E-state index in [0.717, 1.165) is 11.0 Å². The van der Waals surface area contributed by atoms with Crippen LogP contribution >= 0.6 is 0 Å². The average Bonchev–Trinajstić information content (AvgIpc) is 3.35. The zero-order valence-corrected chi connectivity index (χ0v) is 20.0. The van der Waals surface area contributed by atoms with Gasteiger partial charge < -0.3 is 24.7 Å². The van der Waals surface area contributed by atoms with Gasteiger partial charge >= 0.3 is 0 Å². The van der Waals surface area contributed by atoms with Gasteiger partial charge in [-0.05, 0) is 25.5 Å². The standard InChI is InChI=1S/C25H29N5O4/c1-15(31)27-11-10-25(2)22(32)21(23-28-19-8-6-7-9-20(19)29-23)24(26-3)30(25)16-12-17(33-4)14-18(13-16)34-5/h6-9,12-14,21H,10-11H2,1-5H3,(H,27,31)(H,28,29). The zero-order chi connectivity index (χ0) is 24.5. The molecule has 2 atom stereocenters. The van der Waals surface area contributed by atoms with Gasteiger partial charge in [0, 0.05) is 38.7 Å². The highest BCUT2D eigenvalue weighted by atomic mass is 16.5. The van der Waals surface area contributed by atoms with E-state index in [1.807, 2.05) is 48.2 Å². The van der Waals surface area contributed by atoms with Crippen molar-refractivity contribution in [2.45, 2.75) is 31.7 Å². The summed E-state index contributed by atoms with van der Waals surface area (Å²) in [5.41, 5.74) is 1.33. The number of hydrogen-bond acceptors (Lipinski definition) is 6. The van der Waals surface area contributed by atoms with Crippen molar-refractivity contribution in [1.29, 1.82) is 0 Å². The number of amides is 1. The lowest BCUT2D eigenvalue weighted by atomic mass is 9.88. The molecular weight excluding hydrogens is 434 g/mol. The van der Waals surface area contributed by atoms with E-state index in [-0.39, 0.29) is 11.7 Å². The molecule has 1 saturated heterocycles. The summed E-state index contributed by atoms with van der Waals surface area (Å²) in [7, 11) is 4.83. The van der Waals surface area contributed by atoms with Crippen molar-refractivity contribution in [2.24, 2.45) is 4.99 Å². The summed E-state index contributed by atoms with van der Waals surface area (Å²) in [6.07, 6.45) is 0.376. The number of aromatic amines is 1. The molecule has 1 aliphatic rings. The van der Waals surface area contributed by atoms with Crippen molar-refractivity contribution in [2.75, 3.05) is 32.7 Å². The molecular formula is C25H29N5O4. The number of hydrogen-bond donors (Lipinski definition) is 2. The number of carbonyl (C=O) groups excluding carboxylic acids is 2. The summed E-state index contributed by atoms with van der Waals surface area (Å²) in [4.78, 5) is 40.1. The van der Waals surface area contributed by atoms with Crippen LogP contribution in [0.5, 0.6) is 11.5 Å². The number of H-pyrrole nitrogens is 1. The molecule has 9 heteroatoms. The fourth-order valence-electron chi connectivity index (χ4n) is 4.56. The first-order chi connectivity index (χ1) is 16.3. The Balaban J connectivity index is 1.87. The number of amidine groups is 1. The second kappa shape index (κ2) is 9.17. The van der Waals surface area contributed by atoms with Gasteiger partial charge in [0.1, 0.15) is 34.6 Å². The molecule has 1 aromatic heterocycles. The third kappa shape index (κ3) is 3.98. The Kier molecular flexibility index (Phi) is 6.28. The maximum atomic E-state index is 14.1. The number of benzene rings is 2. The Morgan fingerprint density at radius 2 is 1.88 bits per heavy atom. The number of ketones is 1. The Labute approximate surface area is 198 Å². The van der Waals surface area contributed by atoms with Gasteiger partial charge in [0.2, 0.25) is 5.91 Å². The first kappa shape index (κ1) is 23.3. The van der Waals surface area contributed by atoms with E-state index in [9.17, 15) is 9.59 Å². The van der Waals surface area contributed by atoms with E-state index in [4.69, 9.17) is 14.5 Å². The van der Waals surface area contributed by atoms with Gasteiger partial charge in [-0.1, -0.05) is 12.1 Å². The van der Waals surface area contributed by atoms with Gasteiger partial charge in [-0.25, -0.2) is 4.98 Å². The number of fused-ring (bicyclic) bond motifs is 1. The van der Waals surface area contributed by atoms with Crippen molar-refractivity contribution in [3.63, 3.8) is 0 Å². The number of nitrogens with one attached hydrogen (secondary N) is 2. The lowest BCUT2D eigenvalue weighted by Gasteiger charge is -2.35. The van der Waals surface area contributed by atoms with Crippen LogP contribution in [0.25, 0.3) is 11.0 Å². The van der Waals surface area contributed by atoms with Crippen LogP contribution in [0.15, 0.2) is 47.5 Å². The number of nitrogens with zero attached hydrogens (tertiary/aromatic N) is 3. The first-order valence-corrected chi connectivity index (χ1v) is 11.1. The van der Waals surface area contributed by atoms with Crippen LogP contribution in [-0.4, -0.2) is 60.8 Å². The number of methoxy groups -OCH3 is 2. The van der Waals surface area contributed by atoms with Crippen LogP contribution in [-0.2, 0) is 9.59 Å². The molecule has 2 N–H and O–H groups in total. The fraction of sp³-hybridized carbons (Fsp3) is 0.360. The van der Waals surface area contributed by atoms with Crippen LogP contribution in [0, 0.1) is 0 Å². The van der Waals surface area contributed by atoms with E-state index in [1.165, 1.54) is 6.92 Å². The van der Waals surface area contributed by atoms with Gasteiger partial charge in [0.15, 0.2) is 5.78 Å². The molecule has 1 aliphatic heterocycles. The Morgan fingerprint density at radius 1 is 1.21 bits per heavy atom. The lowest BCUT2D eigenvalue weighted by Crippen LogP contribution is -2.49. The van der Waals surface area contributed by atoms with Crippen molar-refractivity contribution in [3.05, 3.63) is 48.3 Å². The number of ether oxygens (including phenoxy) is 2. The average molecular weight is 464 g/mol. The third-order valence-electron chi connectivity index (χ3n) is 6.26. The largest absolute Gasteiger partial charge is 0.497 e. The maximum absolute atomic E-state index is 14.1. The lowest BCUT2D eigenvalue weighted by molar-refractivity contribution is -0.123. The summed E-state index contributed by atoms with van der Waals surface area (Å²) in [6.45, 7) is 3.66. The molecule has 0 saturated carbocycles. The molecule has 0 spiro atoms. The summed E-state index contributed by atoms with van der Waals surface area (Å²) in [6, 6.07) is 13.1.